The molecule has 2 atom stereocenters. The van der Waals surface area contributed by atoms with Gasteiger partial charge in [-0.3, -0.25) is 0 Å². The fourth-order valence-electron chi connectivity index (χ4n) is 3.86. The van der Waals surface area contributed by atoms with E-state index in [1.54, 1.807) is 6.07 Å². The summed E-state index contributed by atoms with van der Waals surface area (Å²) in [5, 5.41) is -0.0293. The molecule has 0 saturated carbocycles. The van der Waals surface area contributed by atoms with E-state index in [4.69, 9.17) is 9.47 Å². The highest BCUT2D eigenvalue weighted by Gasteiger charge is 2.45. The fraction of sp³-hybridized carbons (Fsp3) is 0.706. The van der Waals surface area contributed by atoms with Gasteiger partial charge in [0.1, 0.15) is 10.6 Å². The highest BCUT2D eigenvalue weighted by molar-refractivity contribution is 7.91. The van der Waals surface area contributed by atoms with Crippen LogP contribution in [0.5, 0.6) is 0 Å². The number of nitrogens with zero attached hydrogens (tertiary/aromatic N) is 2. The quantitative estimate of drug-likeness (QED) is 0.714. The molecule has 2 saturated heterocycles. The molecule has 1 N–H and O–H groups in total. The maximum absolute atomic E-state index is 12.8. The van der Waals surface area contributed by atoms with Crippen molar-refractivity contribution in [3.8, 4) is 0 Å². The second-order valence-corrected chi connectivity index (χ2v) is 10.3. The predicted octanol–water partition coefficient (Wildman–Crippen LogP) is 1.33. The van der Waals surface area contributed by atoms with Gasteiger partial charge in [0.05, 0.1) is 19.3 Å². The second kappa shape index (κ2) is 8.12. The van der Waals surface area contributed by atoms with E-state index in [1.165, 1.54) is 12.3 Å². The van der Waals surface area contributed by atoms with Crippen LogP contribution in [-0.4, -0.2) is 67.4 Å². The first-order valence-corrected chi connectivity index (χ1v) is 12.0. The van der Waals surface area contributed by atoms with Gasteiger partial charge in [0.2, 0.25) is 11.1 Å². The number of anilines is 1. The van der Waals surface area contributed by atoms with Crippen LogP contribution in [0.3, 0.4) is 0 Å². The Morgan fingerprint density at radius 3 is 2.59 bits per heavy atom. The molecule has 0 amide bonds. The van der Waals surface area contributed by atoms with Gasteiger partial charge in [-0.25, -0.2) is 17.6 Å². The Hall–Kier alpha value is -1.07. The molecule has 2 aliphatic heterocycles. The Morgan fingerprint density at radius 2 is 2.00 bits per heavy atom. The smallest absolute Gasteiger partial charge is 0.205 e. The van der Waals surface area contributed by atoms with Gasteiger partial charge in [0.25, 0.3) is 0 Å². The first-order valence-electron chi connectivity index (χ1n) is 9.03. The molecule has 1 unspecified atom stereocenters. The third-order valence-electron chi connectivity index (χ3n) is 5.50. The number of ether oxygens (including phenoxy) is 2. The number of aromatic nitrogens is 1. The van der Waals surface area contributed by atoms with E-state index in [0.29, 0.717) is 57.2 Å². The number of sulfone groups is 1. The summed E-state index contributed by atoms with van der Waals surface area (Å²) in [4.78, 5) is 6.40. The van der Waals surface area contributed by atoms with Crippen molar-refractivity contribution in [1.29, 1.82) is 0 Å². The van der Waals surface area contributed by atoms with Gasteiger partial charge in [-0.2, -0.15) is 0 Å². The topological polar surface area (TPSA) is 106 Å². The molecular formula is C17H26N2O6S2. The van der Waals surface area contributed by atoms with Gasteiger partial charge in [0.15, 0.2) is 14.9 Å². The molecule has 3 rings (SSSR count). The lowest BCUT2D eigenvalue weighted by molar-refractivity contribution is 0.0741. The molecule has 1 aromatic rings. The Bertz CT molecular complexity index is 808. The van der Waals surface area contributed by atoms with Crippen LogP contribution in [0, 0.1) is 0 Å². The first kappa shape index (κ1) is 20.7. The highest BCUT2D eigenvalue weighted by atomic mass is 32.2. The number of hydrogen-bond donors (Lipinski definition) is 1. The lowest BCUT2D eigenvalue weighted by Gasteiger charge is -2.39. The largest absolute Gasteiger partial charge is 0.381 e. The molecule has 0 spiro atoms. The number of rotatable bonds is 5. The molecule has 1 aromatic heterocycles. The zero-order valence-corrected chi connectivity index (χ0v) is 17.2. The number of pyridine rings is 1. The Labute approximate surface area is 162 Å². The Balaban J connectivity index is 2.15. The molecule has 2 fully saturated rings. The molecule has 0 bridgehead atoms. The monoisotopic (exact) mass is 418 g/mol. The van der Waals surface area contributed by atoms with Crippen molar-refractivity contribution in [2.75, 3.05) is 44.1 Å². The Kier molecular flexibility index (Phi) is 6.21. The zero-order valence-electron chi connectivity index (χ0n) is 15.6. The third-order valence-corrected chi connectivity index (χ3v) is 8.13. The van der Waals surface area contributed by atoms with Crippen molar-refractivity contribution in [3.05, 3.63) is 17.7 Å². The summed E-state index contributed by atoms with van der Waals surface area (Å²) >= 11 is -2.31. The van der Waals surface area contributed by atoms with Crippen molar-refractivity contribution in [2.45, 2.75) is 42.0 Å². The van der Waals surface area contributed by atoms with E-state index in [1.807, 2.05) is 11.8 Å². The summed E-state index contributed by atoms with van der Waals surface area (Å²) in [6.45, 7) is 4.38. The number of morpholine rings is 1. The third kappa shape index (κ3) is 4.04. The normalized spacial score (nSPS) is 24.6. The van der Waals surface area contributed by atoms with E-state index >= 15 is 0 Å². The fourth-order valence-corrected chi connectivity index (χ4v) is 5.71. The average Bonchev–Trinajstić information content (AvgIpc) is 2.67. The molecule has 3 heterocycles. The van der Waals surface area contributed by atoms with Crippen molar-refractivity contribution < 1.29 is 26.7 Å². The summed E-state index contributed by atoms with van der Waals surface area (Å²) < 4.78 is 56.8. The maximum atomic E-state index is 12.8. The standard InChI is InChI=1S/C17H26N2O6S2/c1-3-14-12-25-9-6-19(14)15-10-13(11-16(18-15)26(20)21)17(27(2,22)23)4-7-24-8-5-17/h10-11,14H,3-9,12H2,1-2H3,(H,20,21)/t14-/m0/s1. The van der Waals surface area contributed by atoms with Gasteiger partial charge in [-0.1, -0.05) is 6.92 Å². The van der Waals surface area contributed by atoms with Crippen LogP contribution in [0.4, 0.5) is 5.82 Å². The summed E-state index contributed by atoms with van der Waals surface area (Å²) in [5.74, 6) is 0.523. The van der Waals surface area contributed by atoms with E-state index < -0.39 is 25.7 Å². The lowest BCUT2D eigenvalue weighted by Crippen LogP contribution is -2.46. The second-order valence-electron chi connectivity index (χ2n) is 7.01. The average molecular weight is 419 g/mol. The zero-order chi connectivity index (χ0) is 19.7. The van der Waals surface area contributed by atoms with Crippen LogP contribution in [0.2, 0.25) is 0 Å². The number of hydrogen-bond acceptors (Lipinski definition) is 7. The van der Waals surface area contributed by atoms with Crippen molar-refractivity contribution >= 4 is 26.7 Å². The molecule has 8 nitrogen and oxygen atoms in total. The minimum atomic E-state index is -3.48. The molecule has 152 valence electrons. The van der Waals surface area contributed by atoms with Crippen molar-refractivity contribution in [3.63, 3.8) is 0 Å². The molecule has 2 aliphatic rings. The van der Waals surface area contributed by atoms with Gasteiger partial charge in [0, 0.05) is 26.0 Å². The summed E-state index contributed by atoms with van der Waals surface area (Å²) in [7, 11) is -3.48. The first-order chi connectivity index (χ1) is 12.8. The molecule has 0 aliphatic carbocycles. The van der Waals surface area contributed by atoms with E-state index in [2.05, 4.69) is 4.98 Å². The van der Waals surface area contributed by atoms with Gasteiger partial charge in [-0.15, -0.1) is 0 Å². The Morgan fingerprint density at radius 1 is 1.30 bits per heavy atom. The van der Waals surface area contributed by atoms with Crippen LogP contribution in [0.15, 0.2) is 17.2 Å². The molecular weight excluding hydrogens is 392 g/mol. The van der Waals surface area contributed by atoms with Crippen LogP contribution >= 0.6 is 0 Å². The van der Waals surface area contributed by atoms with Gasteiger partial charge >= 0.3 is 0 Å². The lowest BCUT2D eigenvalue weighted by atomic mass is 9.91. The van der Waals surface area contributed by atoms with E-state index in [-0.39, 0.29) is 11.1 Å². The van der Waals surface area contributed by atoms with Crippen molar-refractivity contribution in [2.24, 2.45) is 0 Å². The predicted molar refractivity (Wildman–Crippen MR) is 102 cm³/mol. The van der Waals surface area contributed by atoms with E-state index in [9.17, 15) is 17.2 Å². The van der Waals surface area contributed by atoms with Crippen molar-refractivity contribution in [1.82, 2.24) is 4.98 Å². The van der Waals surface area contributed by atoms with E-state index in [0.717, 1.165) is 6.42 Å². The molecule has 0 aromatic carbocycles. The summed E-state index contributed by atoms with van der Waals surface area (Å²) in [6, 6.07) is 3.30. The maximum Gasteiger partial charge on any atom is 0.205 e. The minimum absolute atomic E-state index is 0.0293. The molecule has 0 radical (unpaired) electrons. The summed E-state index contributed by atoms with van der Waals surface area (Å²) in [6.07, 6.45) is 2.67. The molecule has 27 heavy (non-hydrogen) atoms. The summed E-state index contributed by atoms with van der Waals surface area (Å²) in [5.41, 5.74) is 0.511. The van der Waals surface area contributed by atoms with Crippen LogP contribution in [0.25, 0.3) is 0 Å². The van der Waals surface area contributed by atoms with Gasteiger partial charge in [-0.05, 0) is 37.0 Å². The minimum Gasteiger partial charge on any atom is -0.381 e. The van der Waals surface area contributed by atoms with Crippen LogP contribution in [0.1, 0.15) is 31.7 Å². The van der Waals surface area contributed by atoms with Gasteiger partial charge < -0.3 is 18.9 Å². The highest BCUT2D eigenvalue weighted by Crippen LogP contribution is 2.41. The molecule has 10 heteroatoms. The van der Waals surface area contributed by atoms with Crippen LogP contribution < -0.4 is 4.90 Å². The SMILES string of the molecule is CC[C@H]1COCCN1c1cc(C2(S(C)(=O)=O)CCOCC2)cc(S(=O)O)n1. The van der Waals surface area contributed by atoms with Crippen LogP contribution in [-0.2, 0) is 35.1 Å².